The van der Waals surface area contributed by atoms with Gasteiger partial charge in [-0.1, -0.05) is 6.58 Å². The van der Waals surface area contributed by atoms with Gasteiger partial charge in [0, 0.05) is 7.05 Å². The minimum atomic E-state index is -0.0735. The molecule has 1 aromatic heterocycles. The van der Waals surface area contributed by atoms with E-state index in [2.05, 4.69) is 16.5 Å². The van der Waals surface area contributed by atoms with E-state index in [1.54, 1.807) is 18.9 Å². The van der Waals surface area contributed by atoms with Crippen molar-refractivity contribution >= 4 is 11.6 Å². The molecule has 1 aliphatic heterocycles. The van der Waals surface area contributed by atoms with Gasteiger partial charge in [0.2, 0.25) is 5.78 Å². The van der Waals surface area contributed by atoms with Crippen molar-refractivity contribution in [3.05, 3.63) is 29.9 Å². The summed E-state index contributed by atoms with van der Waals surface area (Å²) in [6.07, 6.45) is 1.45. The molecule has 4 heteroatoms. The van der Waals surface area contributed by atoms with Crippen molar-refractivity contribution < 1.29 is 4.79 Å². The molecule has 2 heterocycles. The first kappa shape index (κ1) is 7.91. The molecule has 0 bridgehead atoms. The Bertz CT molecular complexity index is 411. The maximum Gasteiger partial charge on any atom is 0.214 e. The van der Waals surface area contributed by atoms with Crippen LogP contribution in [0.2, 0.25) is 0 Å². The fraction of sp³-hybridized carbons (Fsp3) is 0.222. The molecule has 0 aromatic carbocycles. The standard InChI is InChI=1S/C9H9N3O/c1-5-7-8(13)6(2)12(3)9(7)11-4-10-5/h4H,2H2,1,3H3. The van der Waals surface area contributed by atoms with Gasteiger partial charge < -0.3 is 4.90 Å². The van der Waals surface area contributed by atoms with Gasteiger partial charge in [0.05, 0.1) is 17.0 Å². The number of rotatable bonds is 0. The monoisotopic (exact) mass is 175 g/mol. The molecule has 66 valence electrons. The fourth-order valence-electron chi connectivity index (χ4n) is 1.41. The predicted molar refractivity (Wildman–Crippen MR) is 48.6 cm³/mol. The number of aromatic nitrogens is 2. The molecule has 0 saturated carbocycles. The van der Waals surface area contributed by atoms with Gasteiger partial charge in [0.15, 0.2) is 0 Å². The van der Waals surface area contributed by atoms with Gasteiger partial charge in [-0.2, -0.15) is 0 Å². The number of hydrogen-bond acceptors (Lipinski definition) is 4. The summed E-state index contributed by atoms with van der Waals surface area (Å²) in [4.78, 5) is 21.3. The maximum atomic E-state index is 11.6. The Morgan fingerprint density at radius 2 is 2.15 bits per heavy atom. The number of hydrogen-bond donors (Lipinski definition) is 0. The molecule has 0 N–H and O–H groups in total. The third-order valence-corrected chi connectivity index (χ3v) is 2.23. The van der Waals surface area contributed by atoms with Crippen LogP contribution >= 0.6 is 0 Å². The van der Waals surface area contributed by atoms with Crippen molar-refractivity contribution in [2.24, 2.45) is 0 Å². The van der Waals surface area contributed by atoms with Crippen molar-refractivity contribution in [2.45, 2.75) is 6.92 Å². The largest absolute Gasteiger partial charge is 0.326 e. The number of anilines is 1. The highest BCUT2D eigenvalue weighted by atomic mass is 16.1. The van der Waals surface area contributed by atoms with E-state index in [9.17, 15) is 4.79 Å². The van der Waals surface area contributed by atoms with Crippen LogP contribution in [0.5, 0.6) is 0 Å². The number of Topliss-reactive ketones (excluding diaryl/α,β-unsaturated/α-hetero) is 1. The Balaban J connectivity index is 2.73. The summed E-state index contributed by atoms with van der Waals surface area (Å²) in [5, 5.41) is 0. The topological polar surface area (TPSA) is 46.1 Å². The number of ketones is 1. The molecule has 0 atom stereocenters. The molecule has 0 radical (unpaired) electrons. The van der Waals surface area contributed by atoms with Crippen LogP contribution in [0.4, 0.5) is 5.82 Å². The summed E-state index contributed by atoms with van der Waals surface area (Å²) in [6.45, 7) is 5.48. The molecular weight excluding hydrogens is 166 g/mol. The highest BCUT2D eigenvalue weighted by Crippen LogP contribution is 2.30. The summed E-state index contributed by atoms with van der Waals surface area (Å²) < 4.78 is 0. The molecule has 0 amide bonds. The van der Waals surface area contributed by atoms with E-state index >= 15 is 0 Å². The zero-order valence-electron chi connectivity index (χ0n) is 7.53. The van der Waals surface area contributed by atoms with E-state index in [4.69, 9.17) is 0 Å². The van der Waals surface area contributed by atoms with Crippen molar-refractivity contribution in [3.63, 3.8) is 0 Å². The number of fused-ring (bicyclic) bond motifs is 1. The number of carbonyl (C=O) groups is 1. The van der Waals surface area contributed by atoms with E-state index in [1.165, 1.54) is 6.33 Å². The van der Waals surface area contributed by atoms with Gasteiger partial charge in [-0.05, 0) is 6.92 Å². The van der Waals surface area contributed by atoms with E-state index < -0.39 is 0 Å². The molecule has 13 heavy (non-hydrogen) atoms. The van der Waals surface area contributed by atoms with Gasteiger partial charge in [-0.25, -0.2) is 9.97 Å². The molecular formula is C9H9N3O. The lowest BCUT2D eigenvalue weighted by Gasteiger charge is -2.09. The summed E-state index contributed by atoms with van der Waals surface area (Å²) in [5.41, 5.74) is 1.74. The predicted octanol–water partition coefficient (Wildman–Crippen LogP) is 0.931. The molecule has 1 aromatic rings. The lowest BCUT2D eigenvalue weighted by Crippen LogP contribution is -2.13. The molecule has 1 aliphatic rings. The molecule has 0 aliphatic carbocycles. The van der Waals surface area contributed by atoms with E-state index in [-0.39, 0.29) is 5.78 Å². The Morgan fingerprint density at radius 3 is 2.77 bits per heavy atom. The van der Waals surface area contributed by atoms with Crippen molar-refractivity contribution in [1.29, 1.82) is 0 Å². The quantitative estimate of drug-likeness (QED) is 0.550. The second-order valence-corrected chi connectivity index (χ2v) is 2.99. The molecule has 0 fully saturated rings. The van der Waals surface area contributed by atoms with Crippen molar-refractivity contribution in [2.75, 3.05) is 11.9 Å². The Hall–Kier alpha value is -1.71. The van der Waals surface area contributed by atoms with E-state index in [1.807, 2.05) is 0 Å². The minimum Gasteiger partial charge on any atom is -0.326 e. The van der Waals surface area contributed by atoms with Crippen LogP contribution in [0.3, 0.4) is 0 Å². The highest BCUT2D eigenvalue weighted by molar-refractivity contribution is 6.18. The smallest absolute Gasteiger partial charge is 0.214 e. The number of aryl methyl sites for hydroxylation is 1. The second kappa shape index (κ2) is 2.39. The first-order chi connectivity index (χ1) is 6.13. The minimum absolute atomic E-state index is 0.0735. The van der Waals surface area contributed by atoms with Gasteiger partial charge in [-0.3, -0.25) is 4.79 Å². The average Bonchev–Trinajstić information content (AvgIpc) is 2.33. The number of allylic oxidation sites excluding steroid dienone is 1. The lowest BCUT2D eigenvalue weighted by molar-refractivity contribution is 0.103. The molecule has 0 spiro atoms. The summed E-state index contributed by atoms with van der Waals surface area (Å²) in [7, 11) is 1.78. The number of likely N-dealkylation sites (N-methyl/N-ethyl adjacent to an activating group) is 1. The maximum absolute atomic E-state index is 11.6. The van der Waals surface area contributed by atoms with E-state index in [0.717, 1.165) is 0 Å². The highest BCUT2D eigenvalue weighted by Gasteiger charge is 2.31. The molecule has 0 saturated heterocycles. The first-order valence-corrected chi connectivity index (χ1v) is 3.92. The van der Waals surface area contributed by atoms with Crippen LogP contribution in [-0.4, -0.2) is 22.8 Å². The summed E-state index contributed by atoms with van der Waals surface area (Å²) >= 11 is 0. The van der Waals surface area contributed by atoms with Crippen molar-refractivity contribution in [1.82, 2.24) is 9.97 Å². The first-order valence-electron chi connectivity index (χ1n) is 3.92. The molecule has 2 rings (SSSR count). The third-order valence-electron chi connectivity index (χ3n) is 2.23. The SMILES string of the molecule is C=C1C(=O)c2c(C)ncnc2N1C. The van der Waals surface area contributed by atoms with E-state index in [0.29, 0.717) is 22.8 Å². The molecule has 0 unspecified atom stereocenters. The number of carbonyl (C=O) groups excluding carboxylic acids is 1. The van der Waals surface area contributed by atoms with Crippen LogP contribution in [0.1, 0.15) is 16.1 Å². The Morgan fingerprint density at radius 1 is 1.46 bits per heavy atom. The van der Waals surface area contributed by atoms with Crippen molar-refractivity contribution in [3.8, 4) is 0 Å². The fourth-order valence-corrected chi connectivity index (χ4v) is 1.41. The van der Waals surface area contributed by atoms with Crippen LogP contribution < -0.4 is 4.90 Å². The summed E-state index contributed by atoms with van der Waals surface area (Å²) in [6, 6.07) is 0. The van der Waals surface area contributed by atoms with Crippen LogP contribution in [-0.2, 0) is 0 Å². The average molecular weight is 175 g/mol. The third kappa shape index (κ3) is 0.884. The normalized spacial score (nSPS) is 15.1. The van der Waals surface area contributed by atoms with Crippen LogP contribution in [0.25, 0.3) is 0 Å². The summed E-state index contributed by atoms with van der Waals surface area (Å²) in [5.74, 6) is 0.582. The lowest BCUT2D eigenvalue weighted by atomic mass is 10.1. The second-order valence-electron chi connectivity index (χ2n) is 2.99. The molecule has 4 nitrogen and oxygen atoms in total. The van der Waals surface area contributed by atoms with Gasteiger partial charge >= 0.3 is 0 Å². The van der Waals surface area contributed by atoms with Crippen LogP contribution in [0, 0.1) is 6.92 Å². The zero-order chi connectivity index (χ0) is 9.59. The number of nitrogens with zero attached hydrogens (tertiary/aromatic N) is 3. The zero-order valence-corrected chi connectivity index (χ0v) is 7.53. The van der Waals surface area contributed by atoms with Gasteiger partial charge in [-0.15, -0.1) is 0 Å². The Labute approximate surface area is 75.9 Å². The Kier molecular flexibility index (Phi) is 1.45. The van der Waals surface area contributed by atoms with Crippen LogP contribution in [0.15, 0.2) is 18.6 Å². The van der Waals surface area contributed by atoms with Gasteiger partial charge in [0.1, 0.15) is 12.1 Å². The van der Waals surface area contributed by atoms with Gasteiger partial charge in [0.25, 0.3) is 0 Å².